The van der Waals surface area contributed by atoms with Crippen molar-refractivity contribution in [3.8, 4) is 0 Å². The number of carbonyl (C=O) groups is 2. The van der Waals surface area contributed by atoms with E-state index in [9.17, 15) is 18.0 Å². The molecule has 8 nitrogen and oxygen atoms in total. The van der Waals surface area contributed by atoms with Crippen LogP contribution >= 0.6 is 12.4 Å². The van der Waals surface area contributed by atoms with E-state index in [4.69, 9.17) is 4.42 Å². The van der Waals surface area contributed by atoms with Gasteiger partial charge in [-0.3, -0.25) is 9.59 Å². The van der Waals surface area contributed by atoms with Gasteiger partial charge in [0.1, 0.15) is 0 Å². The second kappa shape index (κ2) is 12.6. The summed E-state index contributed by atoms with van der Waals surface area (Å²) in [5.41, 5.74) is 1.68. The van der Waals surface area contributed by atoms with Crippen molar-refractivity contribution in [2.24, 2.45) is 5.41 Å². The number of halogens is 1. The Balaban J connectivity index is 0.00000370. The Kier molecular flexibility index (Phi) is 9.38. The summed E-state index contributed by atoms with van der Waals surface area (Å²) in [7, 11) is -3.24. The molecule has 1 spiro atoms. The monoisotopic (exact) mass is 585 g/mol. The first-order valence-electron chi connectivity index (χ1n) is 13.4. The summed E-state index contributed by atoms with van der Waals surface area (Å²) in [6.45, 7) is 3.73. The predicted octanol–water partition coefficient (Wildman–Crippen LogP) is 4.48. The number of carbonyl (C=O) groups excluding carboxylic acids is 2. The maximum atomic E-state index is 13.5. The van der Waals surface area contributed by atoms with E-state index in [0.29, 0.717) is 12.3 Å². The lowest BCUT2D eigenvalue weighted by Crippen LogP contribution is -2.45. The summed E-state index contributed by atoms with van der Waals surface area (Å²) in [4.78, 5) is 30.7. The number of rotatable bonds is 9. The van der Waals surface area contributed by atoms with Gasteiger partial charge in [0.05, 0.1) is 22.6 Å². The van der Waals surface area contributed by atoms with Crippen LogP contribution < -0.4 is 5.32 Å². The van der Waals surface area contributed by atoms with Crippen LogP contribution in [0.15, 0.2) is 82.3 Å². The molecule has 214 valence electrons. The van der Waals surface area contributed by atoms with Crippen molar-refractivity contribution >= 4 is 34.1 Å². The van der Waals surface area contributed by atoms with Gasteiger partial charge in [0, 0.05) is 25.9 Å². The molecule has 1 aromatic heterocycles. The molecule has 40 heavy (non-hydrogen) atoms. The molecule has 10 heteroatoms. The summed E-state index contributed by atoms with van der Waals surface area (Å²) < 4.78 is 28.7. The van der Waals surface area contributed by atoms with E-state index < -0.39 is 9.84 Å². The number of hydrogen-bond donors (Lipinski definition) is 1. The minimum absolute atomic E-state index is 0. The molecule has 3 aromatic rings. The van der Waals surface area contributed by atoms with Gasteiger partial charge < -0.3 is 19.5 Å². The summed E-state index contributed by atoms with van der Waals surface area (Å²) in [6, 6.07) is 20.0. The van der Waals surface area contributed by atoms with Crippen LogP contribution in [-0.2, 0) is 21.2 Å². The summed E-state index contributed by atoms with van der Waals surface area (Å²) in [5, 5.41) is 3.12. The van der Waals surface area contributed by atoms with E-state index in [1.807, 2.05) is 35.2 Å². The van der Waals surface area contributed by atoms with Crippen LogP contribution in [0.2, 0.25) is 0 Å². The van der Waals surface area contributed by atoms with E-state index in [-0.39, 0.29) is 40.6 Å². The lowest BCUT2D eigenvalue weighted by molar-refractivity contribution is -0.138. The minimum Gasteiger partial charge on any atom is -0.459 e. The summed E-state index contributed by atoms with van der Waals surface area (Å²) >= 11 is 0. The first kappa shape index (κ1) is 29.8. The SMILES string of the molecule is CS(=O)(=O)c1ccc(CN2CCC3(CCN(CCC(NC(=O)c4ccco4)c4ccccc4)CC3)C2=O)cc1.Cl. The van der Waals surface area contributed by atoms with Gasteiger partial charge in [-0.2, -0.15) is 0 Å². The highest BCUT2D eigenvalue weighted by Gasteiger charge is 2.47. The van der Waals surface area contributed by atoms with Crippen LogP contribution in [0.3, 0.4) is 0 Å². The van der Waals surface area contributed by atoms with Gasteiger partial charge in [-0.05, 0) is 74.2 Å². The molecule has 2 aromatic carbocycles. The number of piperidine rings is 1. The second-order valence-corrected chi connectivity index (χ2v) is 12.7. The zero-order valence-corrected chi connectivity index (χ0v) is 24.3. The van der Waals surface area contributed by atoms with Crippen molar-refractivity contribution < 1.29 is 22.4 Å². The third kappa shape index (κ3) is 6.77. The topological polar surface area (TPSA) is 99.9 Å². The molecular formula is C30H36ClN3O5S. The van der Waals surface area contributed by atoms with Crippen molar-refractivity contribution in [2.45, 2.75) is 43.2 Å². The van der Waals surface area contributed by atoms with Crippen molar-refractivity contribution in [1.29, 1.82) is 0 Å². The molecule has 5 rings (SSSR count). The Morgan fingerprint density at radius 1 is 0.975 bits per heavy atom. The Morgan fingerprint density at radius 2 is 1.65 bits per heavy atom. The number of amides is 2. The van der Waals surface area contributed by atoms with Gasteiger partial charge in [0.25, 0.3) is 5.91 Å². The molecule has 1 unspecified atom stereocenters. The van der Waals surface area contributed by atoms with Gasteiger partial charge in [-0.25, -0.2) is 8.42 Å². The van der Waals surface area contributed by atoms with Gasteiger partial charge in [-0.15, -0.1) is 12.4 Å². The number of benzene rings is 2. The van der Waals surface area contributed by atoms with Gasteiger partial charge in [-0.1, -0.05) is 42.5 Å². The number of nitrogens with zero attached hydrogens (tertiary/aromatic N) is 2. The van der Waals surface area contributed by atoms with Crippen molar-refractivity contribution in [1.82, 2.24) is 15.1 Å². The van der Waals surface area contributed by atoms with Crippen LogP contribution in [0.1, 0.15) is 53.4 Å². The molecule has 2 saturated heterocycles. The third-order valence-electron chi connectivity index (χ3n) is 8.13. The molecule has 0 saturated carbocycles. The van der Waals surface area contributed by atoms with E-state index in [1.54, 1.807) is 36.4 Å². The molecular weight excluding hydrogens is 550 g/mol. The maximum Gasteiger partial charge on any atom is 0.287 e. The second-order valence-electron chi connectivity index (χ2n) is 10.7. The molecule has 0 aliphatic carbocycles. The highest BCUT2D eigenvalue weighted by Crippen LogP contribution is 2.42. The minimum atomic E-state index is -3.24. The zero-order chi connectivity index (χ0) is 27.5. The van der Waals surface area contributed by atoms with Gasteiger partial charge >= 0.3 is 0 Å². The average Bonchev–Trinajstić information content (AvgIpc) is 3.58. The number of hydrogen-bond acceptors (Lipinski definition) is 6. The maximum absolute atomic E-state index is 13.5. The standard InChI is InChI=1S/C30H35N3O5S.ClH/c1-39(36,37)25-11-9-23(10-12-25)22-33-20-16-30(29(33)35)14-18-32(19-15-30)17-13-26(24-6-3-2-4-7-24)31-28(34)27-8-5-21-38-27;/h2-12,21,26H,13-20,22H2,1H3,(H,31,34);1H. The third-order valence-corrected chi connectivity index (χ3v) is 9.25. The van der Waals surface area contributed by atoms with E-state index in [2.05, 4.69) is 10.2 Å². The smallest absolute Gasteiger partial charge is 0.287 e. The van der Waals surface area contributed by atoms with Gasteiger partial charge in [0.15, 0.2) is 15.6 Å². The first-order valence-corrected chi connectivity index (χ1v) is 15.3. The van der Waals surface area contributed by atoms with E-state index >= 15 is 0 Å². The van der Waals surface area contributed by atoms with Crippen LogP contribution in [-0.4, -0.2) is 62.5 Å². The highest BCUT2D eigenvalue weighted by molar-refractivity contribution is 7.90. The quantitative estimate of drug-likeness (QED) is 0.397. The van der Waals surface area contributed by atoms with Crippen molar-refractivity contribution in [2.75, 3.05) is 32.4 Å². The molecule has 0 radical (unpaired) electrons. The lowest BCUT2D eigenvalue weighted by Gasteiger charge is -2.38. The predicted molar refractivity (Wildman–Crippen MR) is 155 cm³/mol. The fraction of sp³-hybridized carbons (Fsp3) is 0.400. The fourth-order valence-corrected chi connectivity index (χ4v) is 6.36. The number of furan rings is 1. The molecule has 2 aliphatic heterocycles. The Labute approximate surface area is 242 Å². The van der Waals surface area contributed by atoms with Crippen LogP contribution in [0.5, 0.6) is 0 Å². The van der Waals surface area contributed by atoms with Crippen molar-refractivity contribution in [3.05, 3.63) is 89.9 Å². The Bertz CT molecular complexity index is 1390. The highest BCUT2D eigenvalue weighted by atomic mass is 35.5. The zero-order valence-electron chi connectivity index (χ0n) is 22.6. The molecule has 0 bridgehead atoms. The van der Waals surface area contributed by atoms with Crippen LogP contribution in [0.4, 0.5) is 0 Å². The molecule has 1 atom stereocenters. The normalized spacial score (nSPS) is 17.9. The Hall–Kier alpha value is -3.14. The summed E-state index contributed by atoms with van der Waals surface area (Å²) in [6.07, 6.45) is 5.95. The molecule has 2 fully saturated rings. The average molecular weight is 586 g/mol. The number of likely N-dealkylation sites (tertiary alicyclic amines) is 2. The van der Waals surface area contributed by atoms with Crippen LogP contribution in [0.25, 0.3) is 0 Å². The summed E-state index contributed by atoms with van der Waals surface area (Å²) in [5.74, 6) is 0.280. The molecule has 1 N–H and O–H groups in total. The van der Waals surface area contributed by atoms with Crippen molar-refractivity contribution in [3.63, 3.8) is 0 Å². The molecule has 2 amide bonds. The molecule has 2 aliphatic rings. The largest absolute Gasteiger partial charge is 0.459 e. The van der Waals surface area contributed by atoms with Crippen LogP contribution in [0, 0.1) is 5.41 Å². The molecule has 3 heterocycles. The number of nitrogens with one attached hydrogen (secondary N) is 1. The van der Waals surface area contributed by atoms with E-state index in [1.165, 1.54) is 12.5 Å². The lowest BCUT2D eigenvalue weighted by atomic mass is 9.77. The number of sulfone groups is 1. The van der Waals surface area contributed by atoms with Gasteiger partial charge in [0.2, 0.25) is 5.91 Å². The van der Waals surface area contributed by atoms with E-state index in [0.717, 1.165) is 63.0 Å². The Morgan fingerprint density at radius 3 is 2.27 bits per heavy atom. The fourth-order valence-electron chi connectivity index (χ4n) is 5.73. The first-order chi connectivity index (χ1) is 18.7.